The normalized spacial score (nSPS) is 9.17. The third kappa shape index (κ3) is 2.10. The molecule has 0 heterocycles. The number of methoxy groups -OCH3 is 1. The highest BCUT2D eigenvalue weighted by Gasteiger charge is 2.04. The van der Waals surface area contributed by atoms with E-state index in [9.17, 15) is 4.79 Å². The van der Waals surface area contributed by atoms with E-state index in [1.54, 1.807) is 47.3 Å². The van der Waals surface area contributed by atoms with Crippen molar-refractivity contribution >= 4 is 29.0 Å². The van der Waals surface area contributed by atoms with Gasteiger partial charge in [-0.1, -0.05) is 6.07 Å². The van der Waals surface area contributed by atoms with Crippen LogP contribution in [0.15, 0.2) is 24.3 Å². The average molecular weight is 278 g/mol. The number of benzene rings is 1. The van der Waals surface area contributed by atoms with Gasteiger partial charge in [-0.25, -0.2) is 4.79 Å². The van der Waals surface area contributed by atoms with Crippen molar-refractivity contribution in [3.63, 3.8) is 0 Å². The van der Waals surface area contributed by atoms with E-state index < -0.39 is 0 Å². The first-order valence-electron chi connectivity index (χ1n) is 3.25. The van der Waals surface area contributed by atoms with Crippen LogP contribution >= 0.6 is 23.0 Å². The fourth-order valence-electron chi connectivity index (χ4n) is 0.789. The molecule has 0 aliphatic carbocycles. The lowest BCUT2D eigenvalue weighted by Crippen LogP contribution is -2.00. The minimum atomic E-state index is -0.356. The first-order valence-corrected chi connectivity index (χ1v) is 4.13. The molecular formula is C8H7IO3. The van der Waals surface area contributed by atoms with Crippen LogP contribution in [0.25, 0.3) is 0 Å². The summed E-state index contributed by atoms with van der Waals surface area (Å²) < 4.78 is 9.45. The summed E-state index contributed by atoms with van der Waals surface area (Å²) in [5.41, 5.74) is 0.492. The molecule has 3 nitrogen and oxygen atoms in total. The Hall–Kier alpha value is -0.780. The molecule has 0 spiro atoms. The van der Waals surface area contributed by atoms with Gasteiger partial charge in [-0.05, 0) is 18.2 Å². The van der Waals surface area contributed by atoms with Crippen LogP contribution in [0, 0.1) is 0 Å². The van der Waals surface area contributed by atoms with Crippen LogP contribution in [0.3, 0.4) is 0 Å². The smallest absolute Gasteiger partial charge is 0.337 e. The highest BCUT2D eigenvalue weighted by Crippen LogP contribution is 2.15. The van der Waals surface area contributed by atoms with Gasteiger partial charge in [-0.3, -0.25) is 0 Å². The van der Waals surface area contributed by atoms with Gasteiger partial charge in [0.05, 0.1) is 12.7 Å². The van der Waals surface area contributed by atoms with Gasteiger partial charge in [0.2, 0.25) is 0 Å². The van der Waals surface area contributed by atoms with Crippen LogP contribution in [-0.2, 0) is 4.74 Å². The zero-order chi connectivity index (χ0) is 8.97. The fourth-order valence-corrected chi connectivity index (χ4v) is 1.06. The topological polar surface area (TPSA) is 35.5 Å². The highest BCUT2D eigenvalue weighted by atomic mass is 127. The Morgan fingerprint density at radius 1 is 1.50 bits per heavy atom. The van der Waals surface area contributed by atoms with E-state index >= 15 is 0 Å². The predicted octanol–water partition coefficient (Wildman–Crippen LogP) is 2.20. The van der Waals surface area contributed by atoms with E-state index in [0.29, 0.717) is 11.3 Å². The van der Waals surface area contributed by atoms with E-state index in [1.165, 1.54) is 7.11 Å². The monoisotopic (exact) mass is 278 g/mol. The second-order valence-electron chi connectivity index (χ2n) is 2.10. The summed E-state index contributed by atoms with van der Waals surface area (Å²) in [6.07, 6.45) is 0. The molecule has 12 heavy (non-hydrogen) atoms. The van der Waals surface area contributed by atoms with Crippen molar-refractivity contribution in [3.05, 3.63) is 29.8 Å². The summed E-state index contributed by atoms with van der Waals surface area (Å²) in [6, 6.07) is 6.79. The van der Waals surface area contributed by atoms with Crippen molar-refractivity contribution in [2.75, 3.05) is 7.11 Å². The molecule has 0 amide bonds. The van der Waals surface area contributed by atoms with Crippen molar-refractivity contribution in [1.29, 1.82) is 0 Å². The molecule has 0 bridgehead atoms. The fraction of sp³-hybridized carbons (Fsp3) is 0.125. The Bertz CT molecular complexity index is 285. The molecule has 0 aliphatic rings. The summed E-state index contributed by atoms with van der Waals surface area (Å²) in [7, 11) is 1.35. The maximum absolute atomic E-state index is 11.0. The number of carbonyl (C=O) groups excluding carboxylic acids is 1. The van der Waals surface area contributed by atoms with Crippen molar-refractivity contribution in [3.8, 4) is 5.75 Å². The van der Waals surface area contributed by atoms with E-state index in [1.807, 2.05) is 0 Å². The van der Waals surface area contributed by atoms with E-state index in [-0.39, 0.29) is 5.97 Å². The van der Waals surface area contributed by atoms with Gasteiger partial charge >= 0.3 is 5.97 Å². The Balaban J connectivity index is 2.93. The quantitative estimate of drug-likeness (QED) is 0.614. The third-order valence-corrected chi connectivity index (χ3v) is 1.85. The third-order valence-electron chi connectivity index (χ3n) is 1.34. The lowest BCUT2D eigenvalue weighted by atomic mass is 10.2. The molecule has 1 rings (SSSR count). The zero-order valence-corrected chi connectivity index (χ0v) is 8.57. The Kier molecular flexibility index (Phi) is 3.33. The largest absolute Gasteiger partial charge is 0.465 e. The molecule has 0 aromatic heterocycles. The van der Waals surface area contributed by atoms with Crippen LogP contribution in [0.4, 0.5) is 0 Å². The number of rotatable bonds is 2. The maximum Gasteiger partial charge on any atom is 0.337 e. The summed E-state index contributed by atoms with van der Waals surface area (Å²) in [6.45, 7) is 0. The van der Waals surface area contributed by atoms with Gasteiger partial charge in [0.15, 0.2) is 23.0 Å². The molecule has 64 valence electrons. The molecule has 0 radical (unpaired) electrons. The van der Waals surface area contributed by atoms with Gasteiger partial charge in [0.1, 0.15) is 5.75 Å². The Morgan fingerprint density at radius 3 is 2.83 bits per heavy atom. The van der Waals surface area contributed by atoms with Gasteiger partial charge in [0, 0.05) is 0 Å². The number of carbonyl (C=O) groups is 1. The molecule has 0 saturated carbocycles. The first-order chi connectivity index (χ1) is 5.77. The molecule has 0 N–H and O–H groups in total. The lowest BCUT2D eigenvalue weighted by Gasteiger charge is -2.00. The lowest BCUT2D eigenvalue weighted by molar-refractivity contribution is 0.0600. The molecule has 0 aliphatic heterocycles. The molecule has 1 aromatic rings. The minimum Gasteiger partial charge on any atom is -0.465 e. The van der Waals surface area contributed by atoms with E-state index in [2.05, 4.69) is 4.74 Å². The molecule has 1 aromatic carbocycles. The number of hydrogen-bond donors (Lipinski definition) is 0. The first kappa shape index (κ1) is 9.31. The average Bonchev–Trinajstić information content (AvgIpc) is 2.17. The van der Waals surface area contributed by atoms with Gasteiger partial charge in [0.25, 0.3) is 0 Å². The molecule has 4 heteroatoms. The molecule has 0 fully saturated rings. The minimum absolute atomic E-state index is 0.356. The van der Waals surface area contributed by atoms with Crippen LogP contribution in [-0.4, -0.2) is 13.1 Å². The second kappa shape index (κ2) is 4.30. The van der Waals surface area contributed by atoms with Gasteiger partial charge in [-0.2, -0.15) is 0 Å². The predicted molar refractivity (Wildman–Crippen MR) is 52.4 cm³/mol. The standard InChI is InChI=1S/C8H7IO3/c1-11-8(10)6-3-2-4-7(5-6)12-9/h2-5H,1H3. The van der Waals surface area contributed by atoms with E-state index in [0.717, 1.165) is 0 Å². The second-order valence-corrected chi connectivity index (χ2v) is 2.54. The SMILES string of the molecule is COC(=O)c1cccc(OI)c1. The molecule has 0 saturated heterocycles. The van der Waals surface area contributed by atoms with Crippen LogP contribution in [0.1, 0.15) is 10.4 Å². The van der Waals surface area contributed by atoms with Crippen LogP contribution < -0.4 is 3.07 Å². The van der Waals surface area contributed by atoms with Crippen LogP contribution in [0.5, 0.6) is 5.75 Å². The van der Waals surface area contributed by atoms with Crippen molar-refractivity contribution in [1.82, 2.24) is 0 Å². The summed E-state index contributed by atoms with van der Waals surface area (Å²) >= 11 is 1.75. The van der Waals surface area contributed by atoms with Crippen molar-refractivity contribution in [2.45, 2.75) is 0 Å². The van der Waals surface area contributed by atoms with Crippen LogP contribution in [0.2, 0.25) is 0 Å². The molecule has 0 atom stereocenters. The Morgan fingerprint density at radius 2 is 2.25 bits per heavy atom. The number of ether oxygens (including phenoxy) is 1. The number of hydrogen-bond acceptors (Lipinski definition) is 3. The highest BCUT2D eigenvalue weighted by molar-refractivity contribution is 14.1. The van der Waals surface area contributed by atoms with E-state index in [4.69, 9.17) is 3.07 Å². The molecular weight excluding hydrogens is 271 g/mol. The van der Waals surface area contributed by atoms with Crippen molar-refractivity contribution < 1.29 is 12.6 Å². The zero-order valence-electron chi connectivity index (χ0n) is 6.41. The Labute approximate surface area is 84.4 Å². The number of halogens is 1. The summed E-state index contributed by atoms with van der Waals surface area (Å²) in [5.74, 6) is 0.281. The summed E-state index contributed by atoms with van der Waals surface area (Å²) in [5, 5.41) is 0. The van der Waals surface area contributed by atoms with Gasteiger partial charge in [-0.15, -0.1) is 0 Å². The molecule has 0 unspecified atom stereocenters. The van der Waals surface area contributed by atoms with Gasteiger partial charge < -0.3 is 7.80 Å². The summed E-state index contributed by atoms with van der Waals surface area (Å²) in [4.78, 5) is 11.0. The number of esters is 1. The maximum atomic E-state index is 11.0. The van der Waals surface area contributed by atoms with Crippen molar-refractivity contribution in [2.24, 2.45) is 0 Å².